The van der Waals surface area contributed by atoms with E-state index in [4.69, 9.17) is 9.26 Å². The Labute approximate surface area is 209 Å². The molecule has 0 spiro atoms. The van der Waals surface area contributed by atoms with Crippen LogP contribution >= 0.6 is 0 Å². The summed E-state index contributed by atoms with van der Waals surface area (Å²) in [7, 11) is 1.39. The molecule has 2 aromatic heterocycles. The van der Waals surface area contributed by atoms with E-state index in [-0.39, 0.29) is 17.6 Å². The van der Waals surface area contributed by atoms with Gasteiger partial charge in [0.1, 0.15) is 11.7 Å². The van der Waals surface area contributed by atoms with Crippen LogP contribution in [0.3, 0.4) is 0 Å². The van der Waals surface area contributed by atoms with Gasteiger partial charge in [0.15, 0.2) is 11.6 Å². The van der Waals surface area contributed by atoms with Crippen molar-refractivity contribution in [1.29, 1.82) is 0 Å². The number of para-hydroxylation sites is 1. The minimum atomic E-state index is -0.470. The van der Waals surface area contributed by atoms with Crippen LogP contribution in [0, 0.1) is 5.92 Å². The molecule has 186 valence electrons. The van der Waals surface area contributed by atoms with Crippen LogP contribution in [0.5, 0.6) is 5.75 Å². The van der Waals surface area contributed by atoms with Gasteiger partial charge >= 0.3 is 5.97 Å². The zero-order chi connectivity index (χ0) is 25.2. The zero-order valence-electron chi connectivity index (χ0n) is 20.6. The number of carbonyl (C=O) groups excluding carboxylic acids is 1. The summed E-state index contributed by atoms with van der Waals surface area (Å²) >= 11 is 0. The quantitative estimate of drug-likeness (QED) is 0.400. The van der Waals surface area contributed by atoms with Gasteiger partial charge in [-0.3, -0.25) is 4.79 Å². The molecular formula is C27H29N5O4. The Hall–Kier alpha value is -4.14. The number of ether oxygens (including phenoxy) is 1. The molecule has 1 aliphatic rings. The fraction of sp³-hybridized carbons (Fsp3) is 0.333. The number of anilines is 2. The molecule has 2 aromatic carbocycles. The van der Waals surface area contributed by atoms with Gasteiger partial charge in [-0.15, -0.1) is 10.2 Å². The van der Waals surface area contributed by atoms with Gasteiger partial charge in [-0.2, -0.15) is 0 Å². The van der Waals surface area contributed by atoms with Crippen LogP contribution < -0.4 is 9.80 Å². The van der Waals surface area contributed by atoms with Crippen molar-refractivity contribution in [3.63, 3.8) is 0 Å². The molecule has 9 heteroatoms. The van der Waals surface area contributed by atoms with Gasteiger partial charge in [0.05, 0.1) is 18.3 Å². The van der Waals surface area contributed by atoms with E-state index in [1.165, 1.54) is 7.11 Å². The summed E-state index contributed by atoms with van der Waals surface area (Å²) in [5.41, 5.74) is 3.19. The molecule has 0 aliphatic carbocycles. The number of methoxy groups -OCH3 is 1. The Morgan fingerprint density at radius 2 is 1.75 bits per heavy atom. The van der Waals surface area contributed by atoms with Gasteiger partial charge in [-0.05, 0) is 36.2 Å². The van der Waals surface area contributed by atoms with Crippen LogP contribution in [-0.4, -0.2) is 59.7 Å². The van der Waals surface area contributed by atoms with Crippen molar-refractivity contribution in [2.24, 2.45) is 5.92 Å². The summed E-state index contributed by atoms with van der Waals surface area (Å²) in [4.78, 5) is 16.7. The highest BCUT2D eigenvalue weighted by Gasteiger charge is 2.30. The van der Waals surface area contributed by atoms with E-state index in [2.05, 4.69) is 31.2 Å². The topological polar surface area (TPSA) is 105 Å². The standard InChI is InChI=1S/C27H29N5O4/c1-17(2)26(27(34)35-3)24-16-25(30-36-24)32-12-10-31(11-13-32)19-9-8-18-14-22(29-28-21(18)15-19)20-6-4-5-7-23(20)33/h4-9,14-17,26,33H,10-13H2,1-3H3. The number of hydrogen-bond acceptors (Lipinski definition) is 9. The molecule has 0 amide bonds. The van der Waals surface area contributed by atoms with Crippen LogP contribution in [0.1, 0.15) is 25.5 Å². The van der Waals surface area contributed by atoms with Gasteiger partial charge in [-0.1, -0.05) is 37.2 Å². The third-order valence-corrected chi connectivity index (χ3v) is 6.66. The van der Waals surface area contributed by atoms with E-state index in [9.17, 15) is 9.90 Å². The molecule has 36 heavy (non-hydrogen) atoms. The lowest BCUT2D eigenvalue weighted by Crippen LogP contribution is -2.46. The lowest BCUT2D eigenvalue weighted by atomic mass is 9.93. The SMILES string of the molecule is COC(=O)C(c1cc(N2CCN(c3ccc4cc(-c5ccccc5O)nnc4c3)CC2)no1)C(C)C. The van der Waals surface area contributed by atoms with Crippen molar-refractivity contribution >= 4 is 28.4 Å². The molecule has 1 aliphatic heterocycles. The van der Waals surface area contributed by atoms with Crippen LogP contribution in [0.25, 0.3) is 22.2 Å². The predicted molar refractivity (Wildman–Crippen MR) is 137 cm³/mol. The maximum Gasteiger partial charge on any atom is 0.316 e. The lowest BCUT2D eigenvalue weighted by Gasteiger charge is -2.36. The number of aromatic hydroxyl groups is 1. The number of phenolic OH excluding ortho intramolecular Hbond substituents is 1. The van der Waals surface area contributed by atoms with Crippen molar-refractivity contribution in [3.8, 4) is 17.0 Å². The number of fused-ring (bicyclic) bond motifs is 1. The third-order valence-electron chi connectivity index (χ3n) is 6.66. The molecular weight excluding hydrogens is 458 g/mol. The molecule has 0 radical (unpaired) electrons. The largest absolute Gasteiger partial charge is 0.507 e. The van der Waals surface area contributed by atoms with E-state index in [1.807, 2.05) is 50.2 Å². The predicted octanol–water partition coefficient (Wildman–Crippen LogP) is 4.23. The Bertz CT molecular complexity index is 1380. The van der Waals surface area contributed by atoms with Gasteiger partial charge in [0.2, 0.25) is 0 Å². The number of benzene rings is 2. The molecule has 9 nitrogen and oxygen atoms in total. The summed E-state index contributed by atoms with van der Waals surface area (Å²) in [5, 5.41) is 24.1. The molecule has 3 heterocycles. The fourth-order valence-corrected chi connectivity index (χ4v) is 4.66. The third kappa shape index (κ3) is 4.56. The summed E-state index contributed by atoms with van der Waals surface area (Å²) in [6, 6.07) is 17.1. The molecule has 4 aromatic rings. The molecule has 1 saturated heterocycles. The molecule has 1 atom stereocenters. The Kier molecular flexibility index (Phi) is 6.45. The number of piperazine rings is 1. The van der Waals surface area contributed by atoms with Crippen molar-refractivity contribution in [1.82, 2.24) is 15.4 Å². The van der Waals surface area contributed by atoms with E-state index >= 15 is 0 Å². The monoisotopic (exact) mass is 487 g/mol. The number of nitrogens with zero attached hydrogens (tertiary/aromatic N) is 5. The number of phenols is 1. The molecule has 1 unspecified atom stereocenters. The van der Waals surface area contributed by atoms with Crippen molar-refractivity contribution in [2.45, 2.75) is 19.8 Å². The number of esters is 1. The smallest absolute Gasteiger partial charge is 0.316 e. The highest BCUT2D eigenvalue weighted by Crippen LogP contribution is 2.31. The summed E-state index contributed by atoms with van der Waals surface area (Å²) in [6.07, 6.45) is 0. The highest BCUT2D eigenvalue weighted by molar-refractivity contribution is 5.85. The molecule has 1 N–H and O–H groups in total. The van der Waals surface area contributed by atoms with Gasteiger partial charge in [0, 0.05) is 48.9 Å². The van der Waals surface area contributed by atoms with Crippen molar-refractivity contribution in [2.75, 3.05) is 43.1 Å². The Morgan fingerprint density at radius 1 is 1.00 bits per heavy atom. The lowest BCUT2D eigenvalue weighted by molar-refractivity contribution is -0.144. The zero-order valence-corrected chi connectivity index (χ0v) is 20.6. The highest BCUT2D eigenvalue weighted by atomic mass is 16.5. The van der Waals surface area contributed by atoms with E-state index in [0.29, 0.717) is 17.0 Å². The average Bonchev–Trinajstić information content (AvgIpc) is 3.37. The second kappa shape index (κ2) is 9.85. The number of rotatable bonds is 6. The van der Waals surface area contributed by atoms with E-state index < -0.39 is 5.92 Å². The Morgan fingerprint density at radius 3 is 2.47 bits per heavy atom. The first-order valence-corrected chi connectivity index (χ1v) is 12.0. The minimum Gasteiger partial charge on any atom is -0.507 e. The van der Waals surface area contributed by atoms with E-state index in [1.54, 1.807) is 12.1 Å². The van der Waals surface area contributed by atoms with Crippen molar-refractivity contribution < 1.29 is 19.2 Å². The molecule has 0 bridgehead atoms. The van der Waals surface area contributed by atoms with Crippen molar-refractivity contribution in [3.05, 3.63) is 60.4 Å². The van der Waals surface area contributed by atoms with Gasteiger partial charge in [-0.25, -0.2) is 0 Å². The van der Waals surface area contributed by atoms with Gasteiger partial charge in [0.25, 0.3) is 0 Å². The maximum absolute atomic E-state index is 12.2. The van der Waals surface area contributed by atoms with Crippen LogP contribution in [0.2, 0.25) is 0 Å². The Balaban J connectivity index is 1.28. The van der Waals surface area contributed by atoms with Gasteiger partial charge < -0.3 is 24.2 Å². The first kappa shape index (κ1) is 23.6. The fourth-order valence-electron chi connectivity index (χ4n) is 4.66. The van der Waals surface area contributed by atoms with E-state index in [0.717, 1.165) is 48.6 Å². The van der Waals surface area contributed by atoms with Crippen LogP contribution in [0.15, 0.2) is 59.1 Å². The minimum absolute atomic E-state index is 0.0422. The normalized spacial score (nSPS) is 14.9. The van der Waals surface area contributed by atoms with Crippen LogP contribution in [-0.2, 0) is 9.53 Å². The van der Waals surface area contributed by atoms with Crippen LogP contribution in [0.4, 0.5) is 11.5 Å². The second-order valence-electron chi connectivity index (χ2n) is 9.30. The second-order valence-corrected chi connectivity index (χ2v) is 9.30. The average molecular weight is 488 g/mol. The number of hydrogen-bond donors (Lipinski definition) is 1. The summed E-state index contributed by atoms with van der Waals surface area (Å²) in [6.45, 7) is 7.08. The molecule has 5 rings (SSSR count). The first-order chi connectivity index (χ1) is 17.4. The molecule has 1 fully saturated rings. The molecule has 0 saturated carbocycles. The summed E-state index contributed by atoms with van der Waals surface area (Å²) < 4.78 is 10.5. The number of carbonyl (C=O) groups is 1. The maximum atomic E-state index is 12.2. The summed E-state index contributed by atoms with van der Waals surface area (Å²) in [5.74, 6) is 0.712. The number of aromatic nitrogens is 3. The first-order valence-electron chi connectivity index (χ1n) is 12.0.